The van der Waals surface area contributed by atoms with Gasteiger partial charge in [0.15, 0.2) is 0 Å². The van der Waals surface area contributed by atoms with Crippen molar-refractivity contribution in [3.05, 3.63) is 65.7 Å². The van der Waals surface area contributed by atoms with E-state index in [2.05, 4.69) is 24.3 Å². The number of aryl methyl sites for hydroxylation is 2. The van der Waals surface area contributed by atoms with Gasteiger partial charge in [0.1, 0.15) is 12.0 Å². The van der Waals surface area contributed by atoms with Crippen molar-refractivity contribution >= 4 is 6.29 Å². The predicted octanol–water partition coefficient (Wildman–Crippen LogP) is 3.83. The summed E-state index contributed by atoms with van der Waals surface area (Å²) in [5, 5.41) is 0. The molecule has 0 aromatic heterocycles. The van der Waals surface area contributed by atoms with Gasteiger partial charge in [0.05, 0.1) is 6.61 Å². The zero-order chi connectivity index (χ0) is 14.0. The second-order valence-electron chi connectivity index (χ2n) is 4.79. The van der Waals surface area contributed by atoms with Crippen molar-refractivity contribution in [2.24, 2.45) is 0 Å². The second kappa shape index (κ2) is 8.16. The van der Waals surface area contributed by atoms with Crippen molar-refractivity contribution in [2.75, 3.05) is 6.61 Å². The Morgan fingerprint density at radius 3 is 2.25 bits per heavy atom. The zero-order valence-corrected chi connectivity index (χ0v) is 11.6. The first-order valence-corrected chi connectivity index (χ1v) is 7.08. The Hall–Kier alpha value is -2.09. The molecule has 0 saturated carbocycles. The van der Waals surface area contributed by atoms with Gasteiger partial charge in [0.25, 0.3) is 0 Å². The van der Waals surface area contributed by atoms with Crippen LogP contribution in [-0.4, -0.2) is 12.9 Å². The molecular weight excluding hydrogens is 248 g/mol. The molecule has 2 heteroatoms. The summed E-state index contributed by atoms with van der Waals surface area (Å²) in [6, 6.07) is 18.4. The van der Waals surface area contributed by atoms with Gasteiger partial charge in [-0.15, -0.1) is 0 Å². The topological polar surface area (TPSA) is 26.3 Å². The monoisotopic (exact) mass is 268 g/mol. The standard InChI is InChI=1S/C18H20O2/c19-14-4-8-17-10-12-18(13-11-17)20-15-5-9-16-6-2-1-3-7-16/h1-3,6-7,10-14H,4-5,8-9,15H2. The Bertz CT molecular complexity index is 503. The molecule has 2 aromatic rings. The van der Waals surface area contributed by atoms with Crippen LogP contribution in [0.5, 0.6) is 5.75 Å². The molecule has 0 atom stereocenters. The fourth-order valence-electron chi connectivity index (χ4n) is 2.09. The number of rotatable bonds is 8. The highest BCUT2D eigenvalue weighted by Crippen LogP contribution is 2.14. The first-order valence-electron chi connectivity index (χ1n) is 7.08. The first-order chi connectivity index (χ1) is 9.88. The molecule has 0 spiro atoms. The molecule has 0 aliphatic carbocycles. The molecule has 0 saturated heterocycles. The van der Waals surface area contributed by atoms with Crippen molar-refractivity contribution in [3.63, 3.8) is 0 Å². The van der Waals surface area contributed by atoms with E-state index in [9.17, 15) is 4.79 Å². The number of aldehydes is 1. The Morgan fingerprint density at radius 2 is 1.55 bits per heavy atom. The molecule has 0 radical (unpaired) electrons. The lowest BCUT2D eigenvalue weighted by atomic mass is 10.1. The molecule has 0 bridgehead atoms. The molecule has 0 aliphatic rings. The van der Waals surface area contributed by atoms with E-state index in [1.165, 1.54) is 11.1 Å². The van der Waals surface area contributed by atoms with Crippen LogP contribution in [0.3, 0.4) is 0 Å². The third-order valence-electron chi connectivity index (χ3n) is 3.20. The Kier molecular flexibility index (Phi) is 5.84. The summed E-state index contributed by atoms with van der Waals surface area (Å²) in [7, 11) is 0. The summed E-state index contributed by atoms with van der Waals surface area (Å²) in [6.07, 6.45) is 4.39. The fourth-order valence-corrected chi connectivity index (χ4v) is 2.09. The van der Waals surface area contributed by atoms with Crippen molar-refractivity contribution in [3.8, 4) is 5.75 Å². The van der Waals surface area contributed by atoms with E-state index in [0.717, 1.165) is 37.9 Å². The molecule has 0 fully saturated rings. The van der Waals surface area contributed by atoms with E-state index in [4.69, 9.17) is 4.74 Å². The maximum atomic E-state index is 10.3. The minimum absolute atomic E-state index is 0.581. The number of benzene rings is 2. The zero-order valence-electron chi connectivity index (χ0n) is 11.6. The van der Waals surface area contributed by atoms with Crippen LogP contribution in [0.4, 0.5) is 0 Å². The van der Waals surface area contributed by atoms with Crippen LogP contribution in [0, 0.1) is 0 Å². The predicted molar refractivity (Wildman–Crippen MR) is 81.1 cm³/mol. The molecule has 2 aromatic carbocycles. The third-order valence-corrected chi connectivity index (χ3v) is 3.20. The smallest absolute Gasteiger partial charge is 0.120 e. The Balaban J connectivity index is 1.70. The average molecular weight is 268 g/mol. The quantitative estimate of drug-likeness (QED) is 0.537. The summed E-state index contributed by atoms with van der Waals surface area (Å²) in [5.74, 6) is 0.896. The summed E-state index contributed by atoms with van der Waals surface area (Å²) in [5.41, 5.74) is 2.52. The van der Waals surface area contributed by atoms with Gasteiger partial charge >= 0.3 is 0 Å². The number of hydrogen-bond donors (Lipinski definition) is 0. The molecule has 0 heterocycles. The summed E-state index contributed by atoms with van der Waals surface area (Å²) < 4.78 is 5.72. The van der Waals surface area contributed by atoms with Crippen LogP contribution in [0.25, 0.3) is 0 Å². The van der Waals surface area contributed by atoms with Crippen LogP contribution in [-0.2, 0) is 17.6 Å². The van der Waals surface area contributed by atoms with Crippen molar-refractivity contribution in [1.82, 2.24) is 0 Å². The fraction of sp³-hybridized carbons (Fsp3) is 0.278. The van der Waals surface area contributed by atoms with Crippen LogP contribution < -0.4 is 4.74 Å². The Morgan fingerprint density at radius 1 is 0.850 bits per heavy atom. The van der Waals surface area contributed by atoms with Crippen molar-refractivity contribution < 1.29 is 9.53 Å². The van der Waals surface area contributed by atoms with E-state index < -0.39 is 0 Å². The Labute approximate surface area is 120 Å². The summed E-state index contributed by atoms with van der Waals surface area (Å²) >= 11 is 0. The normalized spacial score (nSPS) is 10.2. The molecule has 0 aliphatic heterocycles. The first kappa shape index (κ1) is 14.3. The third kappa shape index (κ3) is 4.88. The molecule has 20 heavy (non-hydrogen) atoms. The van der Waals surface area contributed by atoms with E-state index in [1.807, 2.05) is 30.3 Å². The van der Waals surface area contributed by atoms with Gasteiger partial charge < -0.3 is 9.53 Å². The number of ether oxygens (including phenoxy) is 1. The van der Waals surface area contributed by atoms with E-state index in [1.54, 1.807) is 0 Å². The van der Waals surface area contributed by atoms with Crippen LogP contribution >= 0.6 is 0 Å². The minimum atomic E-state index is 0.581. The maximum Gasteiger partial charge on any atom is 0.120 e. The van der Waals surface area contributed by atoms with Gasteiger partial charge in [-0.05, 0) is 42.5 Å². The number of carbonyl (C=O) groups is 1. The highest BCUT2D eigenvalue weighted by Gasteiger charge is 1.97. The van der Waals surface area contributed by atoms with E-state index >= 15 is 0 Å². The van der Waals surface area contributed by atoms with Gasteiger partial charge in [-0.2, -0.15) is 0 Å². The molecule has 0 N–H and O–H groups in total. The number of carbonyl (C=O) groups excluding carboxylic acids is 1. The van der Waals surface area contributed by atoms with Crippen LogP contribution in [0.1, 0.15) is 24.0 Å². The van der Waals surface area contributed by atoms with Crippen LogP contribution in [0.2, 0.25) is 0 Å². The molecule has 0 amide bonds. The highest BCUT2D eigenvalue weighted by molar-refractivity contribution is 5.50. The van der Waals surface area contributed by atoms with E-state index in [-0.39, 0.29) is 0 Å². The average Bonchev–Trinajstić information content (AvgIpc) is 2.52. The van der Waals surface area contributed by atoms with Gasteiger partial charge in [0.2, 0.25) is 0 Å². The van der Waals surface area contributed by atoms with Crippen molar-refractivity contribution in [1.29, 1.82) is 0 Å². The number of hydrogen-bond acceptors (Lipinski definition) is 2. The lowest BCUT2D eigenvalue weighted by Crippen LogP contribution is -1.99. The van der Waals surface area contributed by atoms with Gasteiger partial charge in [-0.25, -0.2) is 0 Å². The minimum Gasteiger partial charge on any atom is -0.494 e. The lowest BCUT2D eigenvalue weighted by Gasteiger charge is -2.07. The molecule has 0 unspecified atom stereocenters. The van der Waals surface area contributed by atoms with Gasteiger partial charge in [0, 0.05) is 6.42 Å². The highest BCUT2D eigenvalue weighted by atomic mass is 16.5. The van der Waals surface area contributed by atoms with E-state index in [0.29, 0.717) is 6.42 Å². The maximum absolute atomic E-state index is 10.3. The molecule has 104 valence electrons. The lowest BCUT2D eigenvalue weighted by molar-refractivity contribution is -0.107. The van der Waals surface area contributed by atoms with Crippen LogP contribution in [0.15, 0.2) is 54.6 Å². The molecule has 2 nitrogen and oxygen atoms in total. The molecule has 2 rings (SSSR count). The van der Waals surface area contributed by atoms with Gasteiger partial charge in [-0.3, -0.25) is 0 Å². The summed E-state index contributed by atoms with van der Waals surface area (Å²) in [4.78, 5) is 10.3. The summed E-state index contributed by atoms with van der Waals surface area (Å²) in [6.45, 7) is 0.725. The second-order valence-corrected chi connectivity index (χ2v) is 4.79. The molecular formula is C18H20O2. The van der Waals surface area contributed by atoms with Crippen molar-refractivity contribution in [2.45, 2.75) is 25.7 Å². The van der Waals surface area contributed by atoms with Gasteiger partial charge in [-0.1, -0.05) is 42.5 Å². The largest absolute Gasteiger partial charge is 0.494 e. The SMILES string of the molecule is O=CCCc1ccc(OCCCc2ccccc2)cc1.